The molecule has 6 heteroatoms. The van der Waals surface area contributed by atoms with Crippen molar-refractivity contribution in [2.24, 2.45) is 4.99 Å². The van der Waals surface area contributed by atoms with Gasteiger partial charge in [0.2, 0.25) is 0 Å². The van der Waals surface area contributed by atoms with Gasteiger partial charge in [0.25, 0.3) is 0 Å². The van der Waals surface area contributed by atoms with Crippen molar-refractivity contribution in [3.63, 3.8) is 0 Å². The van der Waals surface area contributed by atoms with Crippen LogP contribution in [0.15, 0.2) is 23.2 Å². The van der Waals surface area contributed by atoms with Crippen LogP contribution in [-0.4, -0.2) is 40.3 Å². The number of aryl methyl sites for hydroxylation is 2. The van der Waals surface area contributed by atoms with Gasteiger partial charge in [0.15, 0.2) is 5.96 Å². The predicted molar refractivity (Wildman–Crippen MR) is 129 cm³/mol. The van der Waals surface area contributed by atoms with Gasteiger partial charge in [-0.25, -0.2) is 0 Å². The second-order valence-corrected chi connectivity index (χ2v) is 9.25. The molecule has 0 saturated heterocycles. The molecular weight excluding hydrogens is 469 g/mol. The second kappa shape index (κ2) is 12.8. The van der Waals surface area contributed by atoms with Gasteiger partial charge in [-0.3, -0.25) is 9.20 Å². The molecule has 27 heavy (non-hydrogen) atoms. The Labute approximate surface area is 184 Å². The Kier molecular flexibility index (Phi) is 11.5. The number of hydrogen-bond donors (Lipinski definition) is 2. The first kappa shape index (κ1) is 24.4. The summed E-state index contributed by atoms with van der Waals surface area (Å²) in [6, 6.07) is 7.00. The molecule has 3 atom stereocenters. The van der Waals surface area contributed by atoms with E-state index in [2.05, 4.69) is 49.6 Å². The Morgan fingerprint density at radius 1 is 1.26 bits per heavy atom. The molecule has 1 saturated carbocycles. The third-order valence-electron chi connectivity index (χ3n) is 5.12. The van der Waals surface area contributed by atoms with Crippen molar-refractivity contribution in [3.8, 4) is 0 Å². The summed E-state index contributed by atoms with van der Waals surface area (Å²) in [5.41, 5.74) is 4.02. The van der Waals surface area contributed by atoms with Gasteiger partial charge in [-0.2, -0.15) is 0 Å². The minimum atomic E-state index is -0.688. The lowest BCUT2D eigenvalue weighted by atomic mass is 9.95. The molecule has 2 rings (SSSR count). The van der Waals surface area contributed by atoms with E-state index in [1.165, 1.54) is 16.7 Å². The molecule has 0 aliphatic heterocycles. The molecule has 0 bridgehead atoms. The molecule has 0 heterocycles. The fraction of sp³-hybridized carbons (Fsp3) is 0.667. The zero-order chi connectivity index (χ0) is 18.9. The van der Waals surface area contributed by atoms with Crippen LogP contribution in [0.1, 0.15) is 56.2 Å². The van der Waals surface area contributed by atoms with Crippen molar-refractivity contribution < 1.29 is 4.21 Å². The van der Waals surface area contributed by atoms with Crippen LogP contribution in [0.25, 0.3) is 0 Å². The normalized spacial score (nSPS) is 21.3. The summed E-state index contributed by atoms with van der Waals surface area (Å²) in [5.74, 6) is 1.66. The van der Waals surface area contributed by atoms with Crippen molar-refractivity contribution in [1.82, 2.24) is 10.6 Å². The van der Waals surface area contributed by atoms with E-state index in [1.807, 2.05) is 6.92 Å². The Hall–Kier alpha value is -0.630. The number of halogens is 1. The van der Waals surface area contributed by atoms with Crippen LogP contribution in [-0.2, 0) is 17.2 Å². The highest BCUT2D eigenvalue weighted by Gasteiger charge is 2.25. The predicted octanol–water partition coefficient (Wildman–Crippen LogP) is 4.10. The van der Waals surface area contributed by atoms with Crippen LogP contribution in [0.2, 0.25) is 0 Å². The van der Waals surface area contributed by atoms with E-state index >= 15 is 0 Å². The highest BCUT2D eigenvalue weighted by Crippen LogP contribution is 2.23. The number of hydrogen-bond acceptors (Lipinski definition) is 2. The highest BCUT2D eigenvalue weighted by atomic mass is 127. The van der Waals surface area contributed by atoms with E-state index in [0.717, 1.165) is 56.9 Å². The lowest BCUT2D eigenvalue weighted by Gasteiger charge is -2.30. The van der Waals surface area contributed by atoms with E-state index in [1.54, 1.807) is 0 Å². The topological polar surface area (TPSA) is 53.5 Å². The Bertz CT molecular complexity index is 636. The molecule has 2 N–H and O–H groups in total. The number of nitrogens with one attached hydrogen (secondary N) is 2. The van der Waals surface area contributed by atoms with E-state index < -0.39 is 10.8 Å². The van der Waals surface area contributed by atoms with Gasteiger partial charge in [-0.1, -0.05) is 37.1 Å². The number of benzene rings is 1. The van der Waals surface area contributed by atoms with Crippen molar-refractivity contribution in [1.29, 1.82) is 0 Å². The van der Waals surface area contributed by atoms with E-state index in [0.29, 0.717) is 11.3 Å². The fourth-order valence-electron chi connectivity index (χ4n) is 3.68. The van der Waals surface area contributed by atoms with Crippen LogP contribution >= 0.6 is 24.0 Å². The Balaban J connectivity index is 0.00000364. The zero-order valence-electron chi connectivity index (χ0n) is 17.2. The third kappa shape index (κ3) is 8.10. The summed E-state index contributed by atoms with van der Waals surface area (Å²) >= 11 is 0. The van der Waals surface area contributed by atoms with Gasteiger partial charge in [0.1, 0.15) is 0 Å². The van der Waals surface area contributed by atoms with Crippen molar-refractivity contribution >= 4 is 40.7 Å². The summed E-state index contributed by atoms with van der Waals surface area (Å²) in [5, 5.41) is 7.28. The summed E-state index contributed by atoms with van der Waals surface area (Å²) in [4.78, 5) is 4.78. The molecule has 1 fully saturated rings. The van der Waals surface area contributed by atoms with Gasteiger partial charge >= 0.3 is 0 Å². The van der Waals surface area contributed by atoms with Crippen LogP contribution in [0.3, 0.4) is 0 Å². The van der Waals surface area contributed by atoms with Crippen molar-refractivity contribution in [2.75, 3.05) is 18.8 Å². The van der Waals surface area contributed by atoms with Crippen LogP contribution < -0.4 is 10.6 Å². The fourth-order valence-corrected chi connectivity index (χ4v) is 5.03. The van der Waals surface area contributed by atoms with Crippen molar-refractivity contribution in [3.05, 3.63) is 34.9 Å². The minimum absolute atomic E-state index is 0. The SMILES string of the molecule is CCNC(=NCCc1ccc(C)cc1C)NC1CCCC(S(=O)CC)C1.I. The van der Waals surface area contributed by atoms with E-state index in [4.69, 9.17) is 4.99 Å². The lowest BCUT2D eigenvalue weighted by molar-refractivity contribution is 0.413. The summed E-state index contributed by atoms with van der Waals surface area (Å²) in [6.45, 7) is 10.0. The number of aliphatic imine (C=N–C) groups is 1. The first-order valence-electron chi connectivity index (χ1n) is 10.0. The molecule has 1 aliphatic carbocycles. The molecule has 0 radical (unpaired) electrons. The Morgan fingerprint density at radius 2 is 2.04 bits per heavy atom. The van der Waals surface area contributed by atoms with Gasteiger partial charge in [-0.15, -0.1) is 24.0 Å². The van der Waals surface area contributed by atoms with E-state index in [9.17, 15) is 4.21 Å². The molecule has 1 aromatic carbocycles. The van der Waals surface area contributed by atoms with Gasteiger partial charge in [0.05, 0.1) is 0 Å². The Morgan fingerprint density at radius 3 is 2.70 bits per heavy atom. The maximum absolute atomic E-state index is 12.1. The monoisotopic (exact) mass is 505 g/mol. The maximum Gasteiger partial charge on any atom is 0.191 e. The van der Waals surface area contributed by atoms with Gasteiger partial charge < -0.3 is 10.6 Å². The quantitative estimate of drug-likeness (QED) is 0.334. The minimum Gasteiger partial charge on any atom is -0.357 e. The largest absolute Gasteiger partial charge is 0.357 e. The zero-order valence-corrected chi connectivity index (χ0v) is 20.4. The molecule has 0 spiro atoms. The molecular formula is C21H36IN3OS. The lowest BCUT2D eigenvalue weighted by Crippen LogP contribution is -2.46. The first-order chi connectivity index (χ1) is 12.5. The molecule has 1 aliphatic rings. The van der Waals surface area contributed by atoms with Crippen LogP contribution in [0.4, 0.5) is 0 Å². The maximum atomic E-state index is 12.1. The molecule has 0 aromatic heterocycles. The smallest absolute Gasteiger partial charge is 0.191 e. The molecule has 4 nitrogen and oxygen atoms in total. The highest BCUT2D eigenvalue weighted by molar-refractivity contribution is 14.0. The molecule has 3 unspecified atom stereocenters. The molecule has 154 valence electrons. The van der Waals surface area contributed by atoms with Gasteiger partial charge in [0, 0.05) is 40.9 Å². The number of nitrogens with zero attached hydrogens (tertiary/aromatic N) is 1. The van der Waals surface area contributed by atoms with E-state index in [-0.39, 0.29) is 24.0 Å². The van der Waals surface area contributed by atoms with Crippen molar-refractivity contribution in [2.45, 2.75) is 71.1 Å². The standard InChI is InChI=1S/C21H35N3OS.HI/c1-5-22-21(23-13-12-18-11-10-16(3)14-17(18)4)24-19-8-7-9-20(15-19)26(25)6-2;/h10-11,14,19-20H,5-9,12-13,15H2,1-4H3,(H2,22,23,24);1H. The average Bonchev–Trinajstić information content (AvgIpc) is 2.63. The summed E-state index contributed by atoms with van der Waals surface area (Å²) in [6.07, 6.45) is 5.33. The summed E-state index contributed by atoms with van der Waals surface area (Å²) < 4.78 is 12.1. The molecule has 0 amide bonds. The van der Waals surface area contributed by atoms with Gasteiger partial charge in [-0.05, 0) is 57.6 Å². The average molecular weight is 506 g/mol. The summed E-state index contributed by atoms with van der Waals surface area (Å²) in [7, 11) is -0.688. The van der Waals surface area contributed by atoms with Crippen LogP contribution in [0, 0.1) is 13.8 Å². The third-order valence-corrected chi connectivity index (χ3v) is 6.86. The molecule has 1 aromatic rings. The number of guanidine groups is 1. The van der Waals surface area contributed by atoms with Crippen LogP contribution in [0.5, 0.6) is 0 Å². The second-order valence-electron chi connectivity index (χ2n) is 7.24. The number of rotatable bonds is 7. The first-order valence-corrected chi connectivity index (χ1v) is 11.4.